The highest BCUT2D eigenvalue weighted by molar-refractivity contribution is 7.71. The van der Waals surface area contributed by atoms with E-state index < -0.39 is 23.1 Å². The molecule has 26 heavy (non-hydrogen) atoms. The van der Waals surface area contributed by atoms with Crippen LogP contribution < -0.4 is 5.56 Å². The minimum Gasteiger partial charge on any atom is -0.494 e. The van der Waals surface area contributed by atoms with Gasteiger partial charge in [0.2, 0.25) is 5.88 Å². The molecule has 0 aliphatic rings. The molecule has 0 radical (unpaired) electrons. The van der Waals surface area contributed by atoms with Crippen molar-refractivity contribution in [2.24, 2.45) is 4.99 Å². The molecule has 3 aromatic rings. The Hall–Kier alpha value is -2.84. The predicted octanol–water partition coefficient (Wildman–Crippen LogP) is 4.28. The number of nitrogens with zero attached hydrogens (tertiary/aromatic N) is 2. The van der Waals surface area contributed by atoms with Gasteiger partial charge in [0.05, 0.1) is 16.4 Å². The number of H-pyrrole nitrogens is 1. The largest absolute Gasteiger partial charge is 0.494 e. The maximum atomic E-state index is 13.6. The Morgan fingerprint density at radius 3 is 2.62 bits per heavy atom. The number of hydrogen-bond acceptors (Lipinski definition) is 4. The zero-order valence-electron chi connectivity index (χ0n) is 12.9. The molecule has 0 saturated carbocycles. The third kappa shape index (κ3) is 3.42. The van der Waals surface area contributed by atoms with Crippen molar-refractivity contribution in [1.82, 2.24) is 9.55 Å². The van der Waals surface area contributed by atoms with Gasteiger partial charge in [-0.2, -0.15) is 0 Å². The van der Waals surface area contributed by atoms with E-state index in [4.69, 9.17) is 23.8 Å². The van der Waals surface area contributed by atoms with Crippen LogP contribution in [0, 0.1) is 16.4 Å². The van der Waals surface area contributed by atoms with Crippen LogP contribution in [0.25, 0.3) is 5.69 Å². The fraction of sp³-hybridized carbons (Fsp3) is 0. The topological polar surface area (TPSA) is 70.4 Å². The summed E-state index contributed by atoms with van der Waals surface area (Å²) in [6.45, 7) is 0. The number of halogens is 3. The molecule has 0 atom stereocenters. The van der Waals surface area contributed by atoms with Crippen molar-refractivity contribution in [2.45, 2.75) is 0 Å². The van der Waals surface area contributed by atoms with Gasteiger partial charge in [0, 0.05) is 6.21 Å². The number of rotatable bonds is 3. The monoisotopic (exact) mass is 393 g/mol. The summed E-state index contributed by atoms with van der Waals surface area (Å²) in [6.07, 6.45) is 1.02. The molecule has 0 aliphatic carbocycles. The molecule has 0 unspecified atom stereocenters. The molecule has 9 heteroatoms. The molecular formula is C17H10ClF2N3O2S. The number of aromatic nitrogens is 2. The Kier molecular flexibility index (Phi) is 4.97. The van der Waals surface area contributed by atoms with Gasteiger partial charge in [-0.15, -0.1) is 0 Å². The number of aliphatic imine (C=N–C) groups is 1. The van der Waals surface area contributed by atoms with Crippen molar-refractivity contribution in [3.63, 3.8) is 0 Å². The second kappa shape index (κ2) is 7.19. The number of aromatic amines is 1. The van der Waals surface area contributed by atoms with Crippen LogP contribution in [0.2, 0.25) is 5.02 Å². The molecule has 0 saturated heterocycles. The predicted molar refractivity (Wildman–Crippen MR) is 97.5 cm³/mol. The van der Waals surface area contributed by atoms with Gasteiger partial charge in [0.25, 0.3) is 5.56 Å². The van der Waals surface area contributed by atoms with Gasteiger partial charge >= 0.3 is 0 Å². The van der Waals surface area contributed by atoms with Crippen LogP contribution in [0.1, 0.15) is 5.56 Å². The molecule has 3 rings (SSSR count). The first-order chi connectivity index (χ1) is 12.4. The van der Waals surface area contributed by atoms with Crippen LogP contribution in [0.15, 0.2) is 52.3 Å². The van der Waals surface area contributed by atoms with Crippen molar-refractivity contribution in [2.75, 3.05) is 0 Å². The van der Waals surface area contributed by atoms with E-state index in [1.807, 2.05) is 0 Å². The first kappa shape index (κ1) is 18.0. The van der Waals surface area contributed by atoms with Crippen molar-refractivity contribution in [3.05, 3.63) is 79.8 Å². The van der Waals surface area contributed by atoms with Crippen molar-refractivity contribution >= 4 is 35.7 Å². The van der Waals surface area contributed by atoms with Crippen molar-refractivity contribution in [3.8, 4) is 11.6 Å². The summed E-state index contributed by atoms with van der Waals surface area (Å²) in [6, 6.07) is 9.35. The van der Waals surface area contributed by atoms with Crippen LogP contribution in [-0.2, 0) is 0 Å². The van der Waals surface area contributed by atoms with Gasteiger partial charge in [-0.3, -0.25) is 19.3 Å². The molecule has 1 aromatic heterocycles. The molecular weight excluding hydrogens is 384 g/mol. The van der Waals surface area contributed by atoms with Crippen LogP contribution in [0.3, 0.4) is 0 Å². The molecule has 0 fully saturated rings. The first-order valence-corrected chi connectivity index (χ1v) is 7.99. The fourth-order valence-electron chi connectivity index (χ4n) is 2.21. The Bertz CT molecular complexity index is 1140. The van der Waals surface area contributed by atoms with Crippen LogP contribution >= 0.6 is 23.8 Å². The van der Waals surface area contributed by atoms with Gasteiger partial charge in [0.15, 0.2) is 4.77 Å². The molecule has 132 valence electrons. The van der Waals surface area contributed by atoms with Crippen LogP contribution in [0.4, 0.5) is 14.5 Å². The van der Waals surface area contributed by atoms with Crippen molar-refractivity contribution < 1.29 is 13.9 Å². The van der Waals surface area contributed by atoms with Gasteiger partial charge in [-0.1, -0.05) is 23.7 Å². The number of aromatic hydroxyl groups is 1. The SMILES string of the molecule is O=c1[nH]c(=S)n(-c2ccc(F)c(Cl)c2)c(O)c1C=Nc1ccccc1F. The summed E-state index contributed by atoms with van der Waals surface area (Å²) < 4.78 is 28.0. The van der Waals surface area contributed by atoms with E-state index in [-0.39, 0.29) is 26.7 Å². The highest BCUT2D eigenvalue weighted by atomic mass is 35.5. The Balaban J connectivity index is 2.16. The summed E-state index contributed by atoms with van der Waals surface area (Å²) in [5.41, 5.74) is -0.736. The van der Waals surface area contributed by atoms with Crippen LogP contribution in [0.5, 0.6) is 5.88 Å². The summed E-state index contributed by atoms with van der Waals surface area (Å²) in [4.78, 5) is 18.4. The second-order valence-corrected chi connectivity index (χ2v) is 5.93. The molecule has 2 aromatic carbocycles. The van der Waals surface area contributed by atoms with Crippen LogP contribution in [-0.4, -0.2) is 20.9 Å². The highest BCUT2D eigenvalue weighted by Crippen LogP contribution is 2.24. The number of nitrogens with one attached hydrogen (secondary N) is 1. The summed E-state index contributed by atoms with van der Waals surface area (Å²) in [7, 11) is 0. The number of para-hydroxylation sites is 1. The van der Waals surface area contributed by atoms with E-state index in [9.17, 15) is 18.7 Å². The standard InChI is InChI=1S/C17H10ClF2N3O2S/c18-11-7-9(5-6-12(11)19)23-16(25)10(15(24)22-17(23)26)8-21-14-4-2-1-3-13(14)20/h1-8,25H,(H,22,24,26). The quantitative estimate of drug-likeness (QED) is 0.515. The van der Waals surface area contributed by atoms with Gasteiger partial charge in [0.1, 0.15) is 17.2 Å². The zero-order chi connectivity index (χ0) is 18.8. The normalized spacial score (nSPS) is 11.2. The minimum absolute atomic E-state index is 0.00914. The third-order valence-electron chi connectivity index (χ3n) is 3.47. The Morgan fingerprint density at radius 1 is 1.19 bits per heavy atom. The Morgan fingerprint density at radius 2 is 1.92 bits per heavy atom. The molecule has 0 aliphatic heterocycles. The smallest absolute Gasteiger partial charge is 0.264 e. The summed E-state index contributed by atoms with van der Waals surface area (Å²) in [5, 5.41) is 10.3. The summed E-state index contributed by atoms with van der Waals surface area (Å²) in [5.74, 6) is -1.77. The molecule has 5 nitrogen and oxygen atoms in total. The number of benzene rings is 2. The Labute approximate surface area is 155 Å². The number of hydrogen-bond donors (Lipinski definition) is 2. The average Bonchev–Trinajstić information content (AvgIpc) is 2.59. The fourth-order valence-corrected chi connectivity index (χ4v) is 2.67. The van der Waals surface area contributed by atoms with E-state index in [1.54, 1.807) is 6.07 Å². The maximum Gasteiger partial charge on any atom is 0.264 e. The van der Waals surface area contributed by atoms with E-state index in [0.717, 1.165) is 16.8 Å². The van der Waals surface area contributed by atoms with Gasteiger partial charge < -0.3 is 5.11 Å². The molecule has 0 spiro atoms. The van der Waals surface area contributed by atoms with Gasteiger partial charge in [-0.25, -0.2) is 8.78 Å². The zero-order valence-corrected chi connectivity index (χ0v) is 14.5. The van der Waals surface area contributed by atoms with E-state index in [2.05, 4.69) is 9.98 Å². The lowest BCUT2D eigenvalue weighted by molar-refractivity contribution is 0.432. The lowest BCUT2D eigenvalue weighted by Crippen LogP contribution is -2.18. The third-order valence-corrected chi connectivity index (χ3v) is 4.04. The molecule has 0 bridgehead atoms. The second-order valence-electron chi connectivity index (χ2n) is 5.14. The van der Waals surface area contributed by atoms with Gasteiger partial charge in [-0.05, 0) is 42.5 Å². The average molecular weight is 394 g/mol. The van der Waals surface area contributed by atoms with E-state index >= 15 is 0 Å². The van der Waals surface area contributed by atoms with Crippen molar-refractivity contribution in [1.29, 1.82) is 0 Å². The van der Waals surface area contributed by atoms with E-state index in [0.29, 0.717) is 0 Å². The minimum atomic E-state index is -0.711. The molecule has 2 N–H and O–H groups in total. The molecule has 1 heterocycles. The highest BCUT2D eigenvalue weighted by Gasteiger charge is 2.14. The summed E-state index contributed by atoms with van der Waals surface area (Å²) >= 11 is 10.8. The lowest BCUT2D eigenvalue weighted by atomic mass is 10.2. The lowest BCUT2D eigenvalue weighted by Gasteiger charge is -2.11. The maximum absolute atomic E-state index is 13.6. The first-order valence-electron chi connectivity index (χ1n) is 7.21. The van der Waals surface area contributed by atoms with E-state index in [1.165, 1.54) is 30.3 Å². The molecule has 0 amide bonds.